The van der Waals surface area contributed by atoms with Gasteiger partial charge in [0.05, 0.1) is 28.1 Å². The van der Waals surface area contributed by atoms with Gasteiger partial charge in [-0.3, -0.25) is 9.69 Å². The second kappa shape index (κ2) is 9.02. The fraction of sp³-hybridized carbons (Fsp3) is 0.276. The van der Waals surface area contributed by atoms with Crippen molar-refractivity contribution in [3.63, 3.8) is 0 Å². The minimum Gasteiger partial charge on any atom is -0.422 e. The van der Waals surface area contributed by atoms with Crippen molar-refractivity contribution in [2.75, 3.05) is 7.05 Å². The fourth-order valence-electron chi connectivity index (χ4n) is 5.76. The molecule has 1 aliphatic carbocycles. The van der Waals surface area contributed by atoms with Gasteiger partial charge in [0.1, 0.15) is 11.4 Å². The van der Waals surface area contributed by atoms with Crippen LogP contribution in [-0.4, -0.2) is 27.5 Å². The molecule has 0 saturated heterocycles. The predicted molar refractivity (Wildman–Crippen MR) is 140 cm³/mol. The highest BCUT2D eigenvalue weighted by Gasteiger charge is 2.27. The Labute approximate surface area is 211 Å². The van der Waals surface area contributed by atoms with Crippen molar-refractivity contribution >= 4 is 32.8 Å². The molecule has 0 radical (unpaired) electrons. The highest BCUT2D eigenvalue weighted by atomic mass is 19.1. The molecule has 0 aliphatic heterocycles. The lowest BCUT2D eigenvalue weighted by Crippen LogP contribution is -2.37. The number of aromatic nitrogens is 2. The predicted octanol–water partition coefficient (Wildman–Crippen LogP) is 5.22. The van der Waals surface area contributed by atoms with E-state index < -0.39 is 5.63 Å². The number of aromatic amines is 1. The monoisotopic (exact) mass is 496 g/mol. The van der Waals surface area contributed by atoms with Crippen molar-refractivity contribution in [2.24, 2.45) is 0 Å². The van der Waals surface area contributed by atoms with Crippen LogP contribution in [-0.2, 0) is 6.54 Å². The van der Waals surface area contributed by atoms with Crippen LogP contribution in [0, 0.1) is 17.1 Å². The number of benzene rings is 2. The highest BCUT2D eigenvalue weighted by molar-refractivity contribution is 6.02. The third kappa shape index (κ3) is 4.11. The van der Waals surface area contributed by atoms with Crippen LogP contribution in [0.1, 0.15) is 43.0 Å². The van der Waals surface area contributed by atoms with E-state index in [2.05, 4.69) is 23.0 Å². The first-order valence-electron chi connectivity index (χ1n) is 12.4. The van der Waals surface area contributed by atoms with Crippen LogP contribution in [0.2, 0.25) is 0 Å². The lowest BCUT2D eigenvalue weighted by molar-refractivity contribution is 0.160. The van der Waals surface area contributed by atoms with Crippen molar-refractivity contribution < 1.29 is 8.81 Å². The van der Waals surface area contributed by atoms with Gasteiger partial charge >= 0.3 is 5.63 Å². The number of hydrogen-bond donors (Lipinski definition) is 1. The van der Waals surface area contributed by atoms with E-state index in [9.17, 15) is 19.2 Å². The minimum absolute atomic E-state index is 0.0417. The molecule has 3 heterocycles. The molecule has 1 aliphatic rings. The van der Waals surface area contributed by atoms with Crippen molar-refractivity contribution in [1.82, 2.24) is 14.5 Å². The first-order valence-corrected chi connectivity index (χ1v) is 12.4. The van der Waals surface area contributed by atoms with Crippen molar-refractivity contribution in [2.45, 2.75) is 44.3 Å². The van der Waals surface area contributed by atoms with E-state index in [1.807, 2.05) is 16.7 Å². The maximum absolute atomic E-state index is 13.9. The largest absolute Gasteiger partial charge is 0.422 e. The molecular formula is C29H25FN4O3. The Morgan fingerprint density at radius 2 is 1.84 bits per heavy atom. The van der Waals surface area contributed by atoms with Crippen LogP contribution in [0.15, 0.2) is 68.6 Å². The maximum atomic E-state index is 13.9. The van der Waals surface area contributed by atoms with Crippen molar-refractivity contribution in [3.05, 3.63) is 92.4 Å². The average molecular weight is 497 g/mol. The Kier molecular flexibility index (Phi) is 5.65. The summed E-state index contributed by atoms with van der Waals surface area (Å²) in [6, 6.07) is 17.4. The number of fused-ring (bicyclic) bond motifs is 4. The van der Waals surface area contributed by atoms with E-state index >= 15 is 0 Å². The van der Waals surface area contributed by atoms with E-state index in [0.29, 0.717) is 40.0 Å². The number of H-pyrrole nitrogens is 1. The van der Waals surface area contributed by atoms with Gasteiger partial charge in [-0.25, -0.2) is 9.18 Å². The van der Waals surface area contributed by atoms with Crippen LogP contribution in [0.5, 0.6) is 0 Å². The number of nitriles is 1. The molecule has 6 rings (SSSR count). The Balaban J connectivity index is 1.21. The summed E-state index contributed by atoms with van der Waals surface area (Å²) >= 11 is 0. The number of rotatable bonds is 4. The van der Waals surface area contributed by atoms with Crippen LogP contribution >= 0.6 is 0 Å². The maximum Gasteiger partial charge on any atom is 0.345 e. The summed E-state index contributed by atoms with van der Waals surface area (Å²) in [4.78, 5) is 30.9. The summed E-state index contributed by atoms with van der Waals surface area (Å²) in [7, 11) is 2.06. The van der Waals surface area contributed by atoms with Crippen molar-refractivity contribution in [1.29, 1.82) is 5.26 Å². The van der Waals surface area contributed by atoms with Crippen LogP contribution < -0.4 is 11.2 Å². The van der Waals surface area contributed by atoms with E-state index in [1.165, 1.54) is 18.2 Å². The second-order valence-electron chi connectivity index (χ2n) is 9.92. The number of nitrogens with one attached hydrogen (secondary N) is 1. The zero-order valence-electron chi connectivity index (χ0n) is 20.3. The molecule has 7 nitrogen and oxygen atoms in total. The van der Waals surface area contributed by atoms with E-state index in [0.717, 1.165) is 42.3 Å². The third-order valence-corrected chi connectivity index (χ3v) is 7.64. The molecule has 0 bridgehead atoms. The summed E-state index contributed by atoms with van der Waals surface area (Å²) in [5.41, 5.74) is 2.67. The quantitative estimate of drug-likeness (QED) is 0.345. The number of nitrogens with zero attached hydrogens (tertiary/aromatic N) is 3. The molecular weight excluding hydrogens is 471 g/mol. The van der Waals surface area contributed by atoms with Gasteiger partial charge in [-0.05, 0) is 80.6 Å². The first kappa shape index (κ1) is 23.2. The molecule has 2 aromatic carbocycles. The van der Waals surface area contributed by atoms with Crippen molar-refractivity contribution in [3.8, 4) is 6.07 Å². The molecule has 1 N–H and O–H groups in total. The topological polar surface area (TPSA) is 95.0 Å². The fourth-order valence-corrected chi connectivity index (χ4v) is 5.76. The number of pyridine rings is 1. The van der Waals surface area contributed by atoms with Gasteiger partial charge in [0, 0.05) is 35.8 Å². The molecule has 186 valence electrons. The Hall–Kier alpha value is -4.22. The standard InChI is InChI=1S/C29H25FN4O3/c1-33(16-20-14-24-28(32-20)23-13-19(30)5-10-26(23)37-29(24)36)21-6-8-22(9-7-21)34-25-12-17(15-31)2-3-18(25)4-11-27(34)35/h2-5,10-14,21-22,32H,6-9,16H2,1H3. The Morgan fingerprint density at radius 1 is 1.05 bits per heavy atom. The summed E-state index contributed by atoms with van der Waals surface area (Å²) in [5.74, 6) is -0.387. The van der Waals surface area contributed by atoms with Gasteiger partial charge < -0.3 is 14.0 Å². The Morgan fingerprint density at radius 3 is 2.62 bits per heavy atom. The van der Waals surface area contributed by atoms with Crippen LogP contribution in [0.4, 0.5) is 4.39 Å². The summed E-state index contributed by atoms with van der Waals surface area (Å²) in [6.45, 7) is 0.597. The van der Waals surface area contributed by atoms with E-state index in [4.69, 9.17) is 4.42 Å². The van der Waals surface area contributed by atoms with Crippen LogP contribution in [0.3, 0.4) is 0 Å². The van der Waals surface area contributed by atoms with E-state index in [-0.39, 0.29) is 17.4 Å². The molecule has 0 spiro atoms. The summed E-state index contributed by atoms with van der Waals surface area (Å²) < 4.78 is 21.1. The van der Waals surface area contributed by atoms with Crippen LogP contribution in [0.25, 0.3) is 32.8 Å². The lowest BCUT2D eigenvalue weighted by atomic mass is 9.89. The lowest BCUT2D eigenvalue weighted by Gasteiger charge is -2.35. The zero-order valence-corrected chi connectivity index (χ0v) is 20.3. The molecule has 3 aromatic heterocycles. The smallest absolute Gasteiger partial charge is 0.345 e. The number of hydrogen-bond acceptors (Lipinski definition) is 5. The molecule has 1 saturated carbocycles. The van der Waals surface area contributed by atoms with Gasteiger partial charge in [-0.2, -0.15) is 5.26 Å². The molecule has 0 atom stereocenters. The minimum atomic E-state index is -0.445. The highest BCUT2D eigenvalue weighted by Crippen LogP contribution is 2.33. The number of halogens is 1. The van der Waals surface area contributed by atoms with Gasteiger partial charge in [-0.1, -0.05) is 6.07 Å². The molecule has 0 amide bonds. The van der Waals surface area contributed by atoms with Gasteiger partial charge in [0.15, 0.2) is 0 Å². The van der Waals surface area contributed by atoms with Gasteiger partial charge in [0.25, 0.3) is 5.56 Å². The normalized spacial score (nSPS) is 18.1. The molecule has 37 heavy (non-hydrogen) atoms. The van der Waals surface area contributed by atoms with Gasteiger partial charge in [-0.15, -0.1) is 0 Å². The first-order chi connectivity index (χ1) is 17.9. The molecule has 5 aromatic rings. The zero-order chi connectivity index (χ0) is 25.7. The SMILES string of the molecule is CN(Cc1cc2c(=O)oc3ccc(F)cc3c2[nH]1)C1CCC(n2c(=O)ccc3ccc(C#N)cc32)CC1. The third-order valence-electron chi connectivity index (χ3n) is 7.64. The molecule has 8 heteroatoms. The molecule has 0 unspecified atom stereocenters. The average Bonchev–Trinajstić information content (AvgIpc) is 3.33. The Bertz CT molecular complexity index is 1820. The van der Waals surface area contributed by atoms with E-state index in [1.54, 1.807) is 24.3 Å². The molecule has 1 fully saturated rings. The second-order valence-corrected chi connectivity index (χ2v) is 9.92. The summed E-state index contributed by atoms with van der Waals surface area (Å²) in [5, 5.41) is 11.2. The summed E-state index contributed by atoms with van der Waals surface area (Å²) in [6.07, 6.45) is 3.53. The van der Waals surface area contributed by atoms with Gasteiger partial charge in [0.2, 0.25) is 0 Å².